The van der Waals surface area contributed by atoms with Gasteiger partial charge < -0.3 is 9.47 Å². The summed E-state index contributed by atoms with van der Waals surface area (Å²) in [5, 5.41) is 4.60. The number of aryl methyl sites for hydroxylation is 2. The molecule has 0 radical (unpaired) electrons. The number of halogens is 1. The van der Waals surface area contributed by atoms with E-state index in [1.165, 1.54) is 19.3 Å². The summed E-state index contributed by atoms with van der Waals surface area (Å²) in [7, 11) is 4.35. The predicted molar refractivity (Wildman–Crippen MR) is 85.8 cm³/mol. The summed E-state index contributed by atoms with van der Waals surface area (Å²) >= 11 is 6.15. The Morgan fingerprint density at radius 3 is 2.52 bits per heavy atom. The SMILES string of the molecule is CCn1nc(C)c2nc(CCl)n(CC3(N(C)C)CCC3)c21. The van der Waals surface area contributed by atoms with Crippen LogP contribution in [0.15, 0.2) is 0 Å². The maximum Gasteiger partial charge on any atom is 0.159 e. The lowest BCUT2D eigenvalue weighted by Crippen LogP contribution is -2.53. The number of imidazole rings is 1. The number of aromatic nitrogens is 4. The maximum atomic E-state index is 6.15. The molecule has 0 saturated heterocycles. The van der Waals surface area contributed by atoms with Gasteiger partial charge in [0.15, 0.2) is 5.65 Å². The highest BCUT2D eigenvalue weighted by Crippen LogP contribution is 2.39. The number of rotatable bonds is 5. The molecular weight excluding hydrogens is 286 g/mol. The molecule has 2 aromatic rings. The van der Waals surface area contributed by atoms with E-state index in [1.54, 1.807) is 0 Å². The van der Waals surface area contributed by atoms with Gasteiger partial charge in [-0.1, -0.05) is 0 Å². The second-order valence-electron chi connectivity index (χ2n) is 6.29. The van der Waals surface area contributed by atoms with Crippen LogP contribution < -0.4 is 0 Å². The fourth-order valence-electron chi connectivity index (χ4n) is 3.38. The van der Waals surface area contributed by atoms with Crippen LogP contribution in [0.4, 0.5) is 0 Å². The molecule has 3 rings (SSSR count). The Balaban J connectivity index is 2.11. The van der Waals surface area contributed by atoms with Gasteiger partial charge in [-0.2, -0.15) is 5.10 Å². The topological polar surface area (TPSA) is 38.9 Å². The first-order chi connectivity index (χ1) is 10.0. The Hall–Kier alpha value is -1.07. The first kappa shape index (κ1) is 14.9. The number of hydrogen-bond acceptors (Lipinski definition) is 3. The minimum absolute atomic E-state index is 0.241. The van der Waals surface area contributed by atoms with Crippen LogP contribution in [0.2, 0.25) is 0 Å². The average molecular weight is 310 g/mol. The number of nitrogens with zero attached hydrogens (tertiary/aromatic N) is 5. The lowest BCUT2D eigenvalue weighted by atomic mass is 9.75. The molecule has 0 N–H and O–H groups in total. The first-order valence-corrected chi connectivity index (χ1v) is 8.22. The van der Waals surface area contributed by atoms with Crippen molar-refractivity contribution in [3.05, 3.63) is 11.5 Å². The van der Waals surface area contributed by atoms with Crippen LogP contribution in [-0.4, -0.2) is 43.9 Å². The van der Waals surface area contributed by atoms with Gasteiger partial charge in [0.2, 0.25) is 0 Å². The van der Waals surface area contributed by atoms with E-state index in [1.807, 2.05) is 6.92 Å². The van der Waals surface area contributed by atoms with Gasteiger partial charge in [-0.05, 0) is 47.2 Å². The molecule has 2 heterocycles. The molecule has 0 spiro atoms. The Kier molecular flexibility index (Phi) is 3.74. The Morgan fingerprint density at radius 2 is 2.05 bits per heavy atom. The maximum absolute atomic E-state index is 6.15. The van der Waals surface area contributed by atoms with E-state index in [2.05, 4.69) is 40.3 Å². The molecule has 1 saturated carbocycles. The molecule has 1 aliphatic rings. The van der Waals surface area contributed by atoms with Crippen molar-refractivity contribution in [1.29, 1.82) is 0 Å². The molecule has 21 heavy (non-hydrogen) atoms. The third-order valence-corrected chi connectivity index (χ3v) is 5.22. The molecular formula is C15H24ClN5. The number of fused-ring (bicyclic) bond motifs is 1. The van der Waals surface area contributed by atoms with E-state index in [-0.39, 0.29) is 5.54 Å². The largest absolute Gasteiger partial charge is 0.310 e. The highest BCUT2D eigenvalue weighted by atomic mass is 35.5. The third kappa shape index (κ3) is 2.18. The second-order valence-corrected chi connectivity index (χ2v) is 6.56. The summed E-state index contributed by atoms with van der Waals surface area (Å²) in [4.78, 5) is 7.09. The van der Waals surface area contributed by atoms with Crippen molar-refractivity contribution in [2.24, 2.45) is 0 Å². The van der Waals surface area contributed by atoms with E-state index >= 15 is 0 Å². The summed E-state index contributed by atoms with van der Waals surface area (Å²) in [6.07, 6.45) is 3.78. The Morgan fingerprint density at radius 1 is 1.33 bits per heavy atom. The zero-order valence-electron chi connectivity index (χ0n) is 13.4. The van der Waals surface area contributed by atoms with Crippen LogP contribution in [0.5, 0.6) is 0 Å². The van der Waals surface area contributed by atoms with Crippen molar-refractivity contribution in [3.63, 3.8) is 0 Å². The highest BCUT2D eigenvalue weighted by molar-refractivity contribution is 6.16. The third-order valence-electron chi connectivity index (χ3n) is 4.98. The van der Waals surface area contributed by atoms with Gasteiger partial charge >= 0.3 is 0 Å². The normalized spacial score (nSPS) is 17.6. The van der Waals surface area contributed by atoms with Gasteiger partial charge in [-0.15, -0.1) is 11.6 Å². The average Bonchev–Trinajstić information content (AvgIpc) is 2.91. The molecule has 0 atom stereocenters. The monoisotopic (exact) mass is 309 g/mol. The quantitative estimate of drug-likeness (QED) is 0.797. The van der Waals surface area contributed by atoms with Crippen LogP contribution in [-0.2, 0) is 19.0 Å². The second kappa shape index (κ2) is 5.29. The highest BCUT2D eigenvalue weighted by Gasteiger charge is 2.40. The fourth-order valence-corrected chi connectivity index (χ4v) is 3.59. The summed E-state index contributed by atoms with van der Waals surface area (Å²) in [6.45, 7) is 5.94. The minimum atomic E-state index is 0.241. The van der Waals surface area contributed by atoms with Crippen molar-refractivity contribution >= 4 is 22.8 Å². The molecule has 0 aliphatic heterocycles. The summed E-state index contributed by atoms with van der Waals surface area (Å²) in [5.41, 5.74) is 3.36. The molecule has 1 aliphatic carbocycles. The van der Waals surface area contributed by atoms with Crippen molar-refractivity contribution in [2.75, 3.05) is 14.1 Å². The zero-order valence-corrected chi connectivity index (χ0v) is 14.1. The Labute approximate surface area is 130 Å². The molecule has 116 valence electrons. The summed E-state index contributed by atoms with van der Waals surface area (Å²) in [5.74, 6) is 1.41. The van der Waals surface area contributed by atoms with Crippen molar-refractivity contribution < 1.29 is 0 Å². The Bertz CT molecular complexity index is 651. The zero-order chi connectivity index (χ0) is 15.2. The number of hydrogen-bond donors (Lipinski definition) is 0. The van der Waals surface area contributed by atoms with E-state index in [4.69, 9.17) is 16.6 Å². The molecule has 0 aromatic carbocycles. The fraction of sp³-hybridized carbons (Fsp3) is 0.733. The van der Waals surface area contributed by atoms with Gasteiger partial charge in [-0.3, -0.25) is 0 Å². The van der Waals surface area contributed by atoms with Gasteiger partial charge in [-0.25, -0.2) is 9.67 Å². The van der Waals surface area contributed by atoms with Crippen molar-refractivity contribution in [3.8, 4) is 0 Å². The molecule has 0 unspecified atom stereocenters. The van der Waals surface area contributed by atoms with E-state index < -0.39 is 0 Å². The molecule has 0 bridgehead atoms. The minimum Gasteiger partial charge on any atom is -0.310 e. The van der Waals surface area contributed by atoms with Gasteiger partial charge in [0.1, 0.15) is 11.3 Å². The van der Waals surface area contributed by atoms with Crippen LogP contribution in [0.3, 0.4) is 0 Å². The summed E-state index contributed by atoms with van der Waals surface area (Å²) < 4.78 is 4.35. The molecule has 6 heteroatoms. The summed E-state index contributed by atoms with van der Waals surface area (Å²) in [6, 6.07) is 0. The molecule has 5 nitrogen and oxygen atoms in total. The van der Waals surface area contributed by atoms with Crippen LogP contribution in [0.1, 0.15) is 37.7 Å². The van der Waals surface area contributed by atoms with Crippen LogP contribution in [0.25, 0.3) is 11.2 Å². The predicted octanol–water partition coefficient (Wildman–Crippen LogP) is 2.78. The lowest BCUT2D eigenvalue weighted by Gasteiger charge is -2.47. The smallest absolute Gasteiger partial charge is 0.159 e. The molecule has 0 amide bonds. The van der Waals surface area contributed by atoms with Crippen molar-refractivity contribution in [2.45, 2.75) is 57.6 Å². The van der Waals surface area contributed by atoms with Gasteiger partial charge in [0, 0.05) is 18.6 Å². The molecule has 1 fully saturated rings. The van der Waals surface area contributed by atoms with Crippen LogP contribution >= 0.6 is 11.6 Å². The van der Waals surface area contributed by atoms with E-state index in [0.717, 1.165) is 35.8 Å². The van der Waals surface area contributed by atoms with E-state index in [9.17, 15) is 0 Å². The molecule has 2 aromatic heterocycles. The lowest BCUT2D eigenvalue weighted by molar-refractivity contribution is 0.0425. The van der Waals surface area contributed by atoms with Gasteiger partial charge in [0.05, 0.1) is 11.6 Å². The van der Waals surface area contributed by atoms with Gasteiger partial charge in [0.25, 0.3) is 0 Å². The standard InChI is InChI=1S/C15H24ClN5/c1-5-21-14-13(11(2)18-21)17-12(9-16)20(14)10-15(19(3)4)7-6-8-15/h5-10H2,1-4H3. The number of alkyl halides is 1. The van der Waals surface area contributed by atoms with Crippen molar-refractivity contribution in [1.82, 2.24) is 24.2 Å². The van der Waals surface area contributed by atoms with Crippen LogP contribution in [0, 0.1) is 6.92 Å². The first-order valence-electron chi connectivity index (χ1n) is 7.68. The number of likely N-dealkylation sites (N-methyl/N-ethyl adjacent to an activating group) is 1. The van der Waals surface area contributed by atoms with E-state index in [0.29, 0.717) is 5.88 Å².